The third kappa shape index (κ3) is 4.06. The van der Waals surface area contributed by atoms with Gasteiger partial charge in [-0.3, -0.25) is 4.79 Å². The number of benzene rings is 1. The summed E-state index contributed by atoms with van der Waals surface area (Å²) in [6.07, 6.45) is 0.992. The number of nitrogens with zero attached hydrogens (tertiary/aromatic N) is 2. The van der Waals surface area contributed by atoms with E-state index in [0.29, 0.717) is 37.4 Å². The number of amides is 1. The summed E-state index contributed by atoms with van der Waals surface area (Å²) in [7, 11) is -3.65. The first kappa shape index (κ1) is 19.6. The van der Waals surface area contributed by atoms with Crippen LogP contribution in [-0.4, -0.2) is 36.9 Å². The fourth-order valence-electron chi connectivity index (χ4n) is 3.49. The number of aromatic nitrogens is 1. The molecule has 1 atom stereocenters. The van der Waals surface area contributed by atoms with Crippen LogP contribution in [0.15, 0.2) is 39.8 Å². The molecule has 1 aliphatic heterocycles. The van der Waals surface area contributed by atoms with E-state index in [1.54, 1.807) is 13.8 Å². The van der Waals surface area contributed by atoms with E-state index in [4.69, 9.17) is 4.52 Å². The summed E-state index contributed by atoms with van der Waals surface area (Å²) in [5.41, 5.74) is 1.41. The fourth-order valence-corrected chi connectivity index (χ4v) is 5.25. The Morgan fingerprint density at radius 2 is 1.85 bits per heavy atom. The fraction of sp³-hybridized carbons (Fsp3) is 0.474. The van der Waals surface area contributed by atoms with Crippen LogP contribution in [0.4, 0.5) is 0 Å². The highest BCUT2D eigenvalue weighted by Gasteiger charge is 2.35. The third-order valence-electron chi connectivity index (χ3n) is 5.05. The van der Waals surface area contributed by atoms with Crippen molar-refractivity contribution >= 4 is 15.9 Å². The molecular weight excluding hydrogens is 366 g/mol. The molecule has 1 N–H and O–H groups in total. The Morgan fingerprint density at radius 1 is 1.22 bits per heavy atom. The number of carbonyl (C=O) groups is 1. The Bertz CT molecular complexity index is 881. The van der Waals surface area contributed by atoms with Crippen LogP contribution in [0.2, 0.25) is 0 Å². The maximum absolute atomic E-state index is 12.9. The quantitative estimate of drug-likeness (QED) is 0.846. The van der Waals surface area contributed by atoms with E-state index in [9.17, 15) is 13.2 Å². The minimum atomic E-state index is -3.65. The van der Waals surface area contributed by atoms with Gasteiger partial charge in [0.05, 0.1) is 6.04 Å². The largest absolute Gasteiger partial charge is 0.360 e. The lowest BCUT2D eigenvalue weighted by molar-refractivity contribution is -0.126. The number of nitrogens with one attached hydrogen (secondary N) is 1. The molecule has 1 aromatic carbocycles. The van der Waals surface area contributed by atoms with Crippen LogP contribution in [0, 0.1) is 19.8 Å². The third-order valence-corrected chi connectivity index (χ3v) is 7.19. The van der Waals surface area contributed by atoms with Crippen molar-refractivity contribution in [2.24, 2.45) is 5.92 Å². The van der Waals surface area contributed by atoms with Gasteiger partial charge in [-0.15, -0.1) is 0 Å². The number of hydrogen-bond acceptors (Lipinski definition) is 5. The summed E-state index contributed by atoms with van der Waals surface area (Å²) < 4.78 is 32.1. The van der Waals surface area contributed by atoms with Crippen LogP contribution in [0.5, 0.6) is 0 Å². The number of carbonyl (C=O) groups excluding carboxylic acids is 1. The summed E-state index contributed by atoms with van der Waals surface area (Å²) in [4.78, 5) is 12.7. The molecule has 0 bridgehead atoms. The zero-order valence-corrected chi connectivity index (χ0v) is 16.6. The first-order valence-electron chi connectivity index (χ1n) is 9.09. The number of sulfonamides is 1. The van der Waals surface area contributed by atoms with Crippen molar-refractivity contribution < 1.29 is 17.7 Å². The molecule has 146 valence electrons. The lowest BCUT2D eigenvalue weighted by atomic mass is 9.96. The van der Waals surface area contributed by atoms with Crippen molar-refractivity contribution in [3.05, 3.63) is 47.3 Å². The predicted octanol–water partition coefficient (Wildman–Crippen LogP) is 2.57. The van der Waals surface area contributed by atoms with Gasteiger partial charge in [-0.05, 0) is 39.2 Å². The van der Waals surface area contributed by atoms with Crippen molar-refractivity contribution in [1.82, 2.24) is 14.8 Å². The van der Waals surface area contributed by atoms with E-state index in [2.05, 4.69) is 10.5 Å². The molecule has 3 rings (SSSR count). The number of rotatable bonds is 5. The average Bonchev–Trinajstić information content (AvgIpc) is 3.01. The molecule has 0 aliphatic carbocycles. The molecule has 1 amide bonds. The van der Waals surface area contributed by atoms with Gasteiger partial charge >= 0.3 is 0 Å². The molecular formula is C19H25N3O4S. The minimum absolute atomic E-state index is 0.0271. The van der Waals surface area contributed by atoms with Gasteiger partial charge in [-0.25, -0.2) is 8.42 Å². The summed E-state index contributed by atoms with van der Waals surface area (Å²) in [5.74, 6) is 0.0806. The van der Waals surface area contributed by atoms with Gasteiger partial charge in [0.2, 0.25) is 15.9 Å². The van der Waals surface area contributed by atoms with Crippen LogP contribution >= 0.6 is 0 Å². The van der Waals surface area contributed by atoms with E-state index >= 15 is 0 Å². The molecule has 1 aromatic heterocycles. The smallest absolute Gasteiger partial charge is 0.248 e. The first-order valence-corrected chi connectivity index (χ1v) is 10.5. The summed E-state index contributed by atoms with van der Waals surface area (Å²) in [6, 6.07) is 9.69. The highest BCUT2D eigenvalue weighted by Crippen LogP contribution is 2.28. The number of hydrogen-bond donors (Lipinski definition) is 1. The van der Waals surface area contributed by atoms with E-state index < -0.39 is 10.0 Å². The lowest BCUT2D eigenvalue weighted by Crippen LogP contribution is -2.43. The van der Waals surface area contributed by atoms with E-state index in [-0.39, 0.29) is 22.8 Å². The molecule has 2 heterocycles. The van der Waals surface area contributed by atoms with E-state index in [0.717, 1.165) is 5.56 Å². The standard InChI is InChI=1S/C19H25N3O4S/c1-13(16-7-5-4-6-8-16)20-19(23)17-9-11-22(12-10-17)27(24,25)18-14(2)21-26-15(18)3/h4-8,13,17H,9-12H2,1-3H3,(H,20,23)/t13-/m0/s1. The molecule has 0 unspecified atom stereocenters. The van der Waals surface area contributed by atoms with Crippen molar-refractivity contribution in [2.45, 2.75) is 44.6 Å². The van der Waals surface area contributed by atoms with Crippen LogP contribution in [-0.2, 0) is 14.8 Å². The molecule has 2 aromatic rings. The van der Waals surface area contributed by atoms with Crippen LogP contribution in [0.1, 0.15) is 42.8 Å². The molecule has 27 heavy (non-hydrogen) atoms. The van der Waals surface area contributed by atoms with Gasteiger partial charge in [0.15, 0.2) is 5.76 Å². The zero-order chi connectivity index (χ0) is 19.6. The van der Waals surface area contributed by atoms with Crippen LogP contribution in [0.3, 0.4) is 0 Å². The molecule has 0 spiro atoms. The molecule has 7 nitrogen and oxygen atoms in total. The lowest BCUT2D eigenvalue weighted by Gasteiger charge is -2.31. The van der Waals surface area contributed by atoms with Gasteiger partial charge < -0.3 is 9.84 Å². The SMILES string of the molecule is Cc1noc(C)c1S(=O)(=O)N1CCC(C(=O)N[C@@H](C)c2ccccc2)CC1. The minimum Gasteiger partial charge on any atom is -0.360 e. The van der Waals surface area contributed by atoms with E-state index in [1.807, 2.05) is 37.3 Å². The molecule has 1 saturated heterocycles. The first-order chi connectivity index (χ1) is 12.8. The number of aryl methyl sites for hydroxylation is 2. The normalized spacial score (nSPS) is 17.6. The van der Waals surface area contributed by atoms with Gasteiger partial charge in [0, 0.05) is 19.0 Å². The summed E-state index contributed by atoms with van der Waals surface area (Å²) >= 11 is 0. The Labute approximate surface area is 159 Å². The maximum Gasteiger partial charge on any atom is 0.248 e. The molecule has 0 saturated carbocycles. The van der Waals surface area contributed by atoms with Crippen molar-refractivity contribution in [3.63, 3.8) is 0 Å². The van der Waals surface area contributed by atoms with Crippen molar-refractivity contribution in [1.29, 1.82) is 0 Å². The van der Waals surface area contributed by atoms with Gasteiger partial charge in [0.25, 0.3) is 0 Å². The molecule has 1 fully saturated rings. The number of piperidine rings is 1. The molecule has 8 heteroatoms. The highest BCUT2D eigenvalue weighted by atomic mass is 32.2. The van der Waals surface area contributed by atoms with E-state index in [1.165, 1.54) is 4.31 Å². The monoisotopic (exact) mass is 391 g/mol. The Morgan fingerprint density at radius 3 is 2.41 bits per heavy atom. The van der Waals surface area contributed by atoms with Crippen LogP contribution < -0.4 is 5.32 Å². The predicted molar refractivity (Wildman–Crippen MR) is 100 cm³/mol. The van der Waals surface area contributed by atoms with Crippen molar-refractivity contribution in [3.8, 4) is 0 Å². The second kappa shape index (κ2) is 7.82. The Hall–Kier alpha value is -2.19. The van der Waals surface area contributed by atoms with Gasteiger partial charge in [-0.2, -0.15) is 4.31 Å². The summed E-state index contributed by atoms with van der Waals surface area (Å²) in [6.45, 7) is 5.78. The summed E-state index contributed by atoms with van der Waals surface area (Å²) in [5, 5.41) is 6.77. The second-order valence-corrected chi connectivity index (χ2v) is 8.85. The Balaban J connectivity index is 1.61. The Kier molecular flexibility index (Phi) is 5.67. The zero-order valence-electron chi connectivity index (χ0n) is 15.8. The maximum atomic E-state index is 12.9. The van der Waals surface area contributed by atoms with Gasteiger partial charge in [0.1, 0.15) is 10.6 Å². The molecule has 1 aliphatic rings. The molecule has 0 radical (unpaired) electrons. The average molecular weight is 391 g/mol. The second-order valence-electron chi connectivity index (χ2n) is 6.97. The highest BCUT2D eigenvalue weighted by molar-refractivity contribution is 7.89. The van der Waals surface area contributed by atoms with Crippen molar-refractivity contribution in [2.75, 3.05) is 13.1 Å². The topological polar surface area (TPSA) is 92.5 Å². The van der Waals surface area contributed by atoms with Crippen LogP contribution in [0.25, 0.3) is 0 Å². The van der Waals surface area contributed by atoms with Gasteiger partial charge in [-0.1, -0.05) is 35.5 Å².